The molecule has 3 aromatic rings. The third-order valence-electron chi connectivity index (χ3n) is 5.08. The van der Waals surface area contributed by atoms with Crippen molar-refractivity contribution in [2.75, 3.05) is 18.5 Å². The molecule has 0 spiro atoms. The number of hydrogen-bond acceptors (Lipinski definition) is 5. The van der Waals surface area contributed by atoms with Crippen molar-refractivity contribution in [2.45, 2.75) is 18.3 Å². The van der Waals surface area contributed by atoms with Crippen molar-refractivity contribution in [1.82, 2.24) is 4.98 Å². The van der Waals surface area contributed by atoms with Crippen LogP contribution in [-0.2, 0) is 6.42 Å². The first kappa shape index (κ1) is 22.2. The van der Waals surface area contributed by atoms with Crippen LogP contribution < -0.4 is 15.6 Å². The highest BCUT2D eigenvalue weighted by Gasteiger charge is 2.26. The Bertz CT molecular complexity index is 1240. The van der Waals surface area contributed by atoms with Gasteiger partial charge >= 0.3 is 0 Å². The van der Waals surface area contributed by atoms with Crippen molar-refractivity contribution < 1.29 is 14.9 Å². The molecule has 0 aliphatic carbocycles. The molecule has 1 unspecified atom stereocenters. The van der Waals surface area contributed by atoms with Crippen molar-refractivity contribution in [1.29, 1.82) is 0 Å². The summed E-state index contributed by atoms with van der Waals surface area (Å²) in [6, 6.07) is 8.58. The van der Waals surface area contributed by atoms with Crippen molar-refractivity contribution in [3.05, 3.63) is 66.8 Å². The number of H-pyrrole nitrogens is 1. The SMILES string of the molecule is ClC1C=C2CCOc3ccc(Br)c(c32)N1.O=c1cc(CCO)c2c(O)ccc(Br)c2[nH]1. The molecule has 1 atom stereocenters. The third-order valence-corrected chi connectivity index (χ3v) is 6.64. The molecule has 9 heteroatoms. The van der Waals surface area contributed by atoms with Gasteiger partial charge in [-0.1, -0.05) is 11.6 Å². The van der Waals surface area contributed by atoms with Crippen LogP contribution in [0.4, 0.5) is 5.69 Å². The fourth-order valence-corrected chi connectivity index (χ4v) is 4.91. The number of nitrogens with one attached hydrogen (secondary N) is 2. The highest BCUT2D eigenvalue weighted by Crippen LogP contribution is 2.45. The number of aromatic nitrogens is 1. The molecule has 0 saturated carbocycles. The van der Waals surface area contributed by atoms with E-state index < -0.39 is 0 Å². The number of aliphatic hydroxyl groups excluding tert-OH is 1. The van der Waals surface area contributed by atoms with Gasteiger partial charge in [0, 0.05) is 39.0 Å². The lowest BCUT2D eigenvalue weighted by molar-refractivity contribution is 0.300. The molecule has 0 bridgehead atoms. The zero-order chi connectivity index (χ0) is 22.1. The number of fused-ring (bicyclic) bond motifs is 1. The lowest BCUT2D eigenvalue weighted by atomic mass is 9.95. The number of benzene rings is 2. The molecular formula is C22H19Br2ClN2O4. The van der Waals surface area contributed by atoms with E-state index in [1.54, 1.807) is 12.1 Å². The minimum Gasteiger partial charge on any atom is -0.507 e. The van der Waals surface area contributed by atoms with Crippen molar-refractivity contribution >= 4 is 65.6 Å². The molecule has 5 rings (SSSR count). The molecule has 2 aliphatic rings. The minimum absolute atomic E-state index is 0.0650. The Hall–Kier alpha value is -2.00. The Kier molecular flexibility index (Phi) is 6.62. The summed E-state index contributed by atoms with van der Waals surface area (Å²) in [7, 11) is 0. The van der Waals surface area contributed by atoms with Gasteiger partial charge in [-0.15, -0.1) is 0 Å². The highest BCUT2D eigenvalue weighted by atomic mass is 79.9. The molecule has 1 aromatic heterocycles. The van der Waals surface area contributed by atoms with Crippen molar-refractivity contribution in [2.24, 2.45) is 0 Å². The van der Waals surface area contributed by atoms with Crippen LogP contribution in [0.2, 0.25) is 0 Å². The lowest BCUT2D eigenvalue weighted by Crippen LogP contribution is -2.20. The number of aliphatic hydroxyl groups is 1. The third kappa shape index (κ3) is 4.48. The van der Waals surface area contributed by atoms with E-state index in [9.17, 15) is 9.90 Å². The number of pyridine rings is 1. The number of aromatic amines is 1. The molecule has 162 valence electrons. The van der Waals surface area contributed by atoms with Crippen LogP contribution in [0.5, 0.6) is 11.5 Å². The number of hydrogen-bond donors (Lipinski definition) is 4. The molecule has 2 aliphatic heterocycles. The Balaban J connectivity index is 0.000000149. The summed E-state index contributed by atoms with van der Waals surface area (Å²) in [5.74, 6) is 1.04. The van der Waals surface area contributed by atoms with E-state index in [-0.39, 0.29) is 23.4 Å². The van der Waals surface area contributed by atoms with Gasteiger partial charge in [0.05, 0.1) is 17.8 Å². The van der Waals surface area contributed by atoms with Crippen molar-refractivity contribution in [3.8, 4) is 11.5 Å². The molecule has 2 aromatic carbocycles. The second-order valence-corrected chi connectivity index (χ2v) is 9.26. The minimum atomic E-state index is -0.248. The maximum absolute atomic E-state index is 11.4. The summed E-state index contributed by atoms with van der Waals surface area (Å²) in [5, 5.41) is 22.5. The molecular weight excluding hydrogens is 552 g/mol. The number of anilines is 1. The first-order valence-corrected chi connectivity index (χ1v) is 11.6. The number of aromatic hydroxyl groups is 1. The van der Waals surface area contributed by atoms with E-state index in [4.69, 9.17) is 21.4 Å². The van der Waals surface area contributed by atoms with Crippen LogP contribution in [0.3, 0.4) is 0 Å². The second-order valence-electron chi connectivity index (χ2n) is 7.08. The molecule has 0 fully saturated rings. The quantitative estimate of drug-likeness (QED) is 0.253. The van der Waals surface area contributed by atoms with Crippen LogP contribution in [0, 0.1) is 0 Å². The van der Waals surface area contributed by atoms with Gasteiger partial charge < -0.3 is 25.3 Å². The summed E-state index contributed by atoms with van der Waals surface area (Å²) in [6.07, 6.45) is 3.33. The Morgan fingerprint density at radius 3 is 2.74 bits per heavy atom. The number of phenolic OH excluding ortho intramolecular Hbond substituents is 1. The van der Waals surface area contributed by atoms with Crippen LogP contribution in [0.25, 0.3) is 16.5 Å². The van der Waals surface area contributed by atoms with Crippen LogP contribution >= 0.6 is 43.5 Å². The van der Waals surface area contributed by atoms with E-state index >= 15 is 0 Å². The van der Waals surface area contributed by atoms with E-state index in [2.05, 4.69) is 48.2 Å². The van der Waals surface area contributed by atoms with Gasteiger partial charge in [0.1, 0.15) is 17.0 Å². The number of rotatable bonds is 2. The van der Waals surface area contributed by atoms with Gasteiger partial charge in [0.2, 0.25) is 5.56 Å². The van der Waals surface area contributed by atoms with Crippen LogP contribution in [0.1, 0.15) is 17.5 Å². The second kappa shape index (κ2) is 9.24. The standard InChI is InChI=1S/C11H9BrClNO.C11H10BrNO3/c12-7-1-2-8-10-6(3-4-15-8)5-9(13)14-11(7)10;12-7-1-2-8(15)10-6(3-4-14)5-9(16)13-11(7)10/h1-2,5,9,14H,3-4H2;1-2,5,14-15H,3-4H2,(H,13,16). The van der Waals surface area contributed by atoms with Crippen molar-refractivity contribution in [3.63, 3.8) is 0 Å². The Morgan fingerprint density at radius 1 is 1.19 bits per heavy atom. The zero-order valence-electron chi connectivity index (χ0n) is 16.2. The monoisotopic (exact) mass is 568 g/mol. The zero-order valence-corrected chi connectivity index (χ0v) is 20.1. The summed E-state index contributed by atoms with van der Waals surface area (Å²) in [5.41, 5.74) is 4.30. The lowest BCUT2D eigenvalue weighted by Gasteiger charge is -2.29. The highest BCUT2D eigenvalue weighted by molar-refractivity contribution is 9.11. The van der Waals surface area contributed by atoms with Crippen LogP contribution in [0.15, 0.2) is 50.1 Å². The van der Waals surface area contributed by atoms with E-state index in [0.717, 1.165) is 34.5 Å². The molecule has 31 heavy (non-hydrogen) atoms. The maximum atomic E-state index is 11.4. The normalized spacial score (nSPS) is 16.4. The van der Waals surface area contributed by atoms with Gasteiger partial charge in [-0.25, -0.2) is 0 Å². The Labute approximate surface area is 200 Å². The molecule has 4 N–H and O–H groups in total. The van der Waals surface area contributed by atoms with Crippen LogP contribution in [-0.4, -0.2) is 33.9 Å². The number of alkyl halides is 1. The molecule has 3 heterocycles. The predicted octanol–water partition coefficient (Wildman–Crippen LogP) is 5.14. The maximum Gasteiger partial charge on any atom is 0.248 e. The van der Waals surface area contributed by atoms with Gasteiger partial charge in [0.15, 0.2) is 0 Å². The van der Waals surface area contributed by atoms with Gasteiger partial charge in [-0.3, -0.25) is 4.79 Å². The fourth-order valence-electron chi connectivity index (χ4n) is 3.78. The van der Waals surface area contributed by atoms with Gasteiger partial charge in [-0.2, -0.15) is 0 Å². The summed E-state index contributed by atoms with van der Waals surface area (Å²) >= 11 is 12.9. The molecule has 6 nitrogen and oxygen atoms in total. The first-order valence-electron chi connectivity index (χ1n) is 9.60. The average Bonchev–Trinajstić information content (AvgIpc) is 2.74. The topological polar surface area (TPSA) is 94.6 Å². The smallest absolute Gasteiger partial charge is 0.248 e. The largest absolute Gasteiger partial charge is 0.507 e. The summed E-state index contributed by atoms with van der Waals surface area (Å²) in [4.78, 5) is 14.1. The Morgan fingerprint density at radius 2 is 1.97 bits per heavy atom. The fraction of sp³-hybridized carbons (Fsp3) is 0.227. The van der Waals surface area contributed by atoms with E-state index in [0.29, 0.717) is 27.4 Å². The first-order chi connectivity index (χ1) is 14.9. The molecule has 0 amide bonds. The molecule has 0 radical (unpaired) electrons. The summed E-state index contributed by atoms with van der Waals surface area (Å²) in [6.45, 7) is 0.675. The van der Waals surface area contributed by atoms with E-state index in [1.165, 1.54) is 11.6 Å². The molecule has 0 saturated heterocycles. The number of ether oxygens (including phenoxy) is 1. The predicted molar refractivity (Wildman–Crippen MR) is 130 cm³/mol. The number of phenols is 1. The van der Waals surface area contributed by atoms with Gasteiger partial charge in [-0.05, 0) is 79.8 Å². The summed E-state index contributed by atoms with van der Waals surface area (Å²) < 4.78 is 7.35. The average molecular weight is 571 g/mol. The van der Waals surface area contributed by atoms with Gasteiger partial charge in [0.25, 0.3) is 0 Å². The van der Waals surface area contributed by atoms with E-state index in [1.807, 2.05) is 12.1 Å². The number of halogens is 3.